The molecule has 0 aliphatic rings. The molecular formula is C23H21N3O3. The maximum atomic E-state index is 12.9. The predicted molar refractivity (Wildman–Crippen MR) is 114 cm³/mol. The lowest BCUT2D eigenvalue weighted by Crippen LogP contribution is -2.22. The highest BCUT2D eigenvalue weighted by Gasteiger charge is 2.16. The molecule has 0 bridgehead atoms. The smallest absolute Gasteiger partial charge is 0.265 e. The van der Waals surface area contributed by atoms with Crippen LogP contribution in [0.2, 0.25) is 0 Å². The van der Waals surface area contributed by atoms with Crippen molar-refractivity contribution < 1.29 is 9.84 Å². The molecule has 0 atom stereocenters. The summed E-state index contributed by atoms with van der Waals surface area (Å²) in [4.78, 5) is 17.5. The fourth-order valence-electron chi connectivity index (χ4n) is 3.28. The molecule has 4 rings (SSSR count). The first-order valence-corrected chi connectivity index (χ1v) is 9.24. The number of aromatic nitrogens is 2. The fraction of sp³-hybridized carbons (Fsp3) is 0.130. The first-order chi connectivity index (χ1) is 14.1. The number of hydrogen-bond donors (Lipinski definition) is 2. The Bertz CT molecular complexity index is 1230. The van der Waals surface area contributed by atoms with Crippen LogP contribution in [-0.2, 0) is 6.61 Å². The third-order valence-electron chi connectivity index (χ3n) is 4.83. The lowest BCUT2D eigenvalue weighted by Gasteiger charge is -2.15. The van der Waals surface area contributed by atoms with Crippen molar-refractivity contribution in [2.75, 3.05) is 12.4 Å². The van der Waals surface area contributed by atoms with Gasteiger partial charge in [-0.25, -0.2) is 4.98 Å². The molecule has 0 unspecified atom stereocenters. The van der Waals surface area contributed by atoms with Gasteiger partial charge in [0, 0.05) is 17.4 Å². The molecule has 6 nitrogen and oxygen atoms in total. The molecular weight excluding hydrogens is 366 g/mol. The first kappa shape index (κ1) is 18.7. The van der Waals surface area contributed by atoms with Gasteiger partial charge in [-0.15, -0.1) is 0 Å². The third kappa shape index (κ3) is 3.46. The number of pyridine rings is 1. The molecule has 2 N–H and O–H groups in total. The van der Waals surface area contributed by atoms with E-state index in [1.54, 1.807) is 18.3 Å². The van der Waals surface area contributed by atoms with Crippen LogP contribution in [0.4, 0.5) is 11.5 Å². The Kier molecular flexibility index (Phi) is 5.01. The summed E-state index contributed by atoms with van der Waals surface area (Å²) in [5.41, 5.74) is 4.21. The number of anilines is 2. The SMILES string of the molecule is COc1cccn2c(=O)c(CO)c(Nc3ccccc3-c3ccc(C)cc3)nc12. The Morgan fingerprint density at radius 1 is 1.07 bits per heavy atom. The Morgan fingerprint density at radius 2 is 1.83 bits per heavy atom. The standard InChI is InChI=1S/C23H21N3O3/c1-15-9-11-16(12-10-15)17-6-3-4-7-19(17)24-21-18(14-27)23(28)26-13-5-8-20(29-2)22(26)25-21/h3-13,24,27H,14H2,1-2H3. The first-order valence-electron chi connectivity index (χ1n) is 9.24. The molecule has 0 aliphatic carbocycles. The minimum absolute atomic E-state index is 0.189. The van der Waals surface area contributed by atoms with Gasteiger partial charge in [-0.3, -0.25) is 9.20 Å². The van der Waals surface area contributed by atoms with Crippen LogP contribution in [0.1, 0.15) is 11.1 Å². The van der Waals surface area contributed by atoms with Crippen LogP contribution >= 0.6 is 0 Å². The Morgan fingerprint density at radius 3 is 2.55 bits per heavy atom. The van der Waals surface area contributed by atoms with Gasteiger partial charge in [0.1, 0.15) is 5.82 Å². The van der Waals surface area contributed by atoms with Gasteiger partial charge in [-0.1, -0.05) is 48.0 Å². The molecule has 4 aromatic rings. The second kappa shape index (κ2) is 7.77. The Labute approximate surface area is 168 Å². The van der Waals surface area contributed by atoms with E-state index in [0.29, 0.717) is 17.2 Å². The van der Waals surface area contributed by atoms with Gasteiger partial charge in [0.15, 0.2) is 11.4 Å². The molecule has 0 fully saturated rings. The zero-order valence-corrected chi connectivity index (χ0v) is 16.2. The third-order valence-corrected chi connectivity index (χ3v) is 4.83. The van der Waals surface area contributed by atoms with E-state index in [2.05, 4.69) is 34.6 Å². The summed E-state index contributed by atoms with van der Waals surface area (Å²) >= 11 is 0. The number of rotatable bonds is 5. The number of nitrogens with zero attached hydrogens (tertiary/aromatic N) is 2. The number of methoxy groups -OCH3 is 1. The molecule has 0 aliphatic heterocycles. The maximum Gasteiger partial charge on any atom is 0.265 e. The highest BCUT2D eigenvalue weighted by atomic mass is 16.5. The monoisotopic (exact) mass is 387 g/mol. The molecule has 6 heteroatoms. The van der Waals surface area contributed by atoms with E-state index in [-0.39, 0.29) is 11.1 Å². The largest absolute Gasteiger partial charge is 0.493 e. The van der Waals surface area contributed by atoms with Gasteiger partial charge in [0.25, 0.3) is 5.56 Å². The van der Waals surface area contributed by atoms with Crippen molar-refractivity contribution in [3.05, 3.63) is 88.3 Å². The van der Waals surface area contributed by atoms with Crippen molar-refractivity contribution in [2.24, 2.45) is 0 Å². The van der Waals surface area contributed by atoms with Crippen molar-refractivity contribution in [3.63, 3.8) is 0 Å². The van der Waals surface area contributed by atoms with Gasteiger partial charge in [-0.05, 0) is 30.7 Å². The summed E-state index contributed by atoms with van der Waals surface area (Å²) in [6.07, 6.45) is 1.61. The molecule has 2 aromatic carbocycles. The van der Waals surface area contributed by atoms with E-state index in [9.17, 15) is 9.90 Å². The van der Waals surface area contributed by atoms with Crippen LogP contribution in [0.5, 0.6) is 5.75 Å². The number of benzene rings is 2. The summed E-state index contributed by atoms with van der Waals surface area (Å²) in [6, 6.07) is 19.4. The van der Waals surface area contributed by atoms with E-state index in [1.165, 1.54) is 17.1 Å². The quantitative estimate of drug-likeness (QED) is 0.543. The average Bonchev–Trinajstić information content (AvgIpc) is 2.75. The summed E-state index contributed by atoms with van der Waals surface area (Å²) < 4.78 is 6.73. The minimum atomic E-state index is -0.430. The second-order valence-corrected chi connectivity index (χ2v) is 6.71. The van der Waals surface area contributed by atoms with Crippen molar-refractivity contribution >= 4 is 17.2 Å². The number of aliphatic hydroxyl groups excluding tert-OH is 1. The van der Waals surface area contributed by atoms with Crippen molar-refractivity contribution in [3.8, 4) is 16.9 Å². The molecule has 0 amide bonds. The number of aryl methyl sites for hydroxylation is 1. The van der Waals surface area contributed by atoms with E-state index in [1.807, 2.05) is 31.2 Å². The molecule has 2 heterocycles. The van der Waals surface area contributed by atoms with Crippen molar-refractivity contribution in [1.29, 1.82) is 0 Å². The predicted octanol–water partition coefficient (Wildman–Crippen LogP) is 3.91. The lowest BCUT2D eigenvalue weighted by atomic mass is 10.0. The lowest BCUT2D eigenvalue weighted by molar-refractivity contribution is 0.280. The molecule has 146 valence electrons. The number of nitrogens with one attached hydrogen (secondary N) is 1. The van der Waals surface area contributed by atoms with E-state index < -0.39 is 6.61 Å². The molecule has 29 heavy (non-hydrogen) atoms. The molecule has 0 radical (unpaired) electrons. The Hall–Kier alpha value is -3.64. The molecule has 2 aromatic heterocycles. The number of fused-ring (bicyclic) bond motifs is 1. The van der Waals surface area contributed by atoms with Crippen LogP contribution in [-0.4, -0.2) is 21.6 Å². The van der Waals surface area contributed by atoms with Gasteiger partial charge in [0.2, 0.25) is 0 Å². The molecule has 0 saturated carbocycles. The van der Waals surface area contributed by atoms with E-state index in [4.69, 9.17) is 4.74 Å². The summed E-state index contributed by atoms with van der Waals surface area (Å²) in [5, 5.41) is 13.1. The van der Waals surface area contributed by atoms with Gasteiger partial charge < -0.3 is 15.2 Å². The molecule has 0 saturated heterocycles. The average molecular weight is 387 g/mol. The Balaban J connectivity index is 1.87. The number of para-hydroxylation sites is 1. The summed E-state index contributed by atoms with van der Waals surface area (Å²) in [5.74, 6) is 0.783. The van der Waals surface area contributed by atoms with Crippen LogP contribution in [0, 0.1) is 6.92 Å². The highest BCUT2D eigenvalue weighted by Crippen LogP contribution is 2.31. The fourth-order valence-corrected chi connectivity index (χ4v) is 3.28. The number of ether oxygens (including phenoxy) is 1. The highest BCUT2D eigenvalue weighted by molar-refractivity contribution is 5.81. The maximum absolute atomic E-state index is 12.9. The number of hydrogen-bond acceptors (Lipinski definition) is 5. The van der Waals surface area contributed by atoms with Crippen LogP contribution < -0.4 is 15.6 Å². The van der Waals surface area contributed by atoms with Crippen molar-refractivity contribution in [1.82, 2.24) is 9.38 Å². The van der Waals surface area contributed by atoms with Gasteiger partial charge in [0.05, 0.1) is 19.3 Å². The zero-order chi connectivity index (χ0) is 20.4. The topological polar surface area (TPSA) is 75.9 Å². The summed E-state index contributed by atoms with van der Waals surface area (Å²) in [7, 11) is 1.53. The van der Waals surface area contributed by atoms with Crippen molar-refractivity contribution in [2.45, 2.75) is 13.5 Å². The van der Waals surface area contributed by atoms with Gasteiger partial charge >= 0.3 is 0 Å². The van der Waals surface area contributed by atoms with Crippen LogP contribution in [0.3, 0.4) is 0 Å². The van der Waals surface area contributed by atoms with Gasteiger partial charge in [-0.2, -0.15) is 0 Å². The minimum Gasteiger partial charge on any atom is -0.493 e. The van der Waals surface area contributed by atoms with E-state index >= 15 is 0 Å². The van der Waals surface area contributed by atoms with Crippen LogP contribution in [0.25, 0.3) is 16.8 Å². The normalized spacial score (nSPS) is 10.9. The summed E-state index contributed by atoms with van der Waals surface area (Å²) in [6.45, 7) is 1.61. The van der Waals surface area contributed by atoms with Crippen LogP contribution in [0.15, 0.2) is 71.7 Å². The zero-order valence-electron chi connectivity index (χ0n) is 16.2. The number of aliphatic hydroxyl groups is 1. The van der Waals surface area contributed by atoms with E-state index in [0.717, 1.165) is 16.8 Å². The molecule has 0 spiro atoms. The second-order valence-electron chi connectivity index (χ2n) is 6.71.